The van der Waals surface area contributed by atoms with Crippen molar-refractivity contribution >= 4 is 71.2 Å². The molecule has 0 aliphatic carbocycles. The van der Waals surface area contributed by atoms with Gasteiger partial charge in [0.15, 0.2) is 0 Å². The normalized spacial score (nSPS) is 11.6. The standard InChI is InChI=1S/C54H36N2/c1-2-16-47(17-3-1)55(48-26-22-40(23-27-48)44-20-18-37-10-4-7-13-41(37)32-44)50-29-31-52-51-30-25-46(45-21-19-38-11-5-8-14-42(38)33-45)35-53(51)56(54(52)36-50)49-28-24-39-12-6-9-15-43(39)34-49/h1-36H. The number of nitrogens with zero attached hydrogens (tertiary/aromatic N) is 2. The molecule has 0 fully saturated rings. The molecule has 1 aromatic heterocycles. The molecule has 0 bridgehead atoms. The fraction of sp³-hybridized carbons (Fsp3) is 0. The average Bonchev–Trinajstić information content (AvgIpc) is 3.59. The lowest BCUT2D eigenvalue weighted by Gasteiger charge is -2.26. The molecule has 0 aliphatic rings. The first-order valence-electron chi connectivity index (χ1n) is 19.2. The molecule has 0 amide bonds. The Morgan fingerprint density at radius 1 is 0.268 bits per heavy atom. The lowest BCUT2D eigenvalue weighted by Crippen LogP contribution is -2.10. The third kappa shape index (κ3) is 5.51. The molecular formula is C54H36N2. The van der Waals surface area contributed by atoms with Gasteiger partial charge in [-0.2, -0.15) is 0 Å². The van der Waals surface area contributed by atoms with Gasteiger partial charge in [-0.15, -0.1) is 0 Å². The summed E-state index contributed by atoms with van der Waals surface area (Å²) in [5.74, 6) is 0. The van der Waals surface area contributed by atoms with Crippen LogP contribution in [0.1, 0.15) is 0 Å². The molecule has 11 rings (SSSR count). The van der Waals surface area contributed by atoms with Crippen LogP contribution in [-0.2, 0) is 0 Å². The van der Waals surface area contributed by atoms with Gasteiger partial charge in [-0.25, -0.2) is 0 Å². The predicted octanol–water partition coefficient (Wildman–Crippen LogP) is 15.0. The van der Waals surface area contributed by atoms with E-state index in [0.29, 0.717) is 0 Å². The van der Waals surface area contributed by atoms with E-state index >= 15 is 0 Å². The zero-order valence-electron chi connectivity index (χ0n) is 30.7. The van der Waals surface area contributed by atoms with Crippen LogP contribution in [0.25, 0.3) is 82.1 Å². The highest BCUT2D eigenvalue weighted by atomic mass is 15.1. The van der Waals surface area contributed by atoms with E-state index in [1.54, 1.807) is 0 Å². The van der Waals surface area contributed by atoms with E-state index in [4.69, 9.17) is 0 Å². The molecule has 56 heavy (non-hydrogen) atoms. The van der Waals surface area contributed by atoms with Gasteiger partial charge in [-0.05, 0) is 121 Å². The van der Waals surface area contributed by atoms with Crippen molar-refractivity contribution in [3.05, 3.63) is 218 Å². The number of hydrogen-bond acceptors (Lipinski definition) is 1. The second-order valence-corrected chi connectivity index (χ2v) is 14.6. The number of aromatic nitrogens is 1. The van der Waals surface area contributed by atoms with Crippen LogP contribution in [0.5, 0.6) is 0 Å². The van der Waals surface area contributed by atoms with Gasteiger partial charge in [-0.1, -0.05) is 152 Å². The third-order valence-electron chi connectivity index (χ3n) is 11.3. The Morgan fingerprint density at radius 2 is 0.696 bits per heavy atom. The molecule has 0 radical (unpaired) electrons. The van der Waals surface area contributed by atoms with Gasteiger partial charge in [0.05, 0.1) is 11.0 Å². The summed E-state index contributed by atoms with van der Waals surface area (Å²) < 4.78 is 2.46. The zero-order valence-corrected chi connectivity index (χ0v) is 30.7. The highest BCUT2D eigenvalue weighted by molar-refractivity contribution is 6.11. The van der Waals surface area contributed by atoms with Crippen LogP contribution < -0.4 is 4.90 Å². The lowest BCUT2D eigenvalue weighted by molar-refractivity contribution is 1.18. The minimum atomic E-state index is 1.10. The van der Waals surface area contributed by atoms with Gasteiger partial charge in [0.25, 0.3) is 0 Å². The van der Waals surface area contributed by atoms with E-state index in [0.717, 1.165) is 28.3 Å². The molecule has 0 unspecified atom stereocenters. The van der Waals surface area contributed by atoms with Crippen LogP contribution in [0.15, 0.2) is 218 Å². The maximum Gasteiger partial charge on any atom is 0.0561 e. The van der Waals surface area contributed by atoms with Crippen molar-refractivity contribution in [2.45, 2.75) is 0 Å². The van der Waals surface area contributed by atoms with Crippen molar-refractivity contribution in [1.29, 1.82) is 0 Å². The third-order valence-corrected chi connectivity index (χ3v) is 11.3. The average molecular weight is 713 g/mol. The van der Waals surface area contributed by atoms with Crippen molar-refractivity contribution in [2.75, 3.05) is 4.90 Å². The summed E-state index contributed by atoms with van der Waals surface area (Å²) >= 11 is 0. The molecule has 11 aromatic rings. The van der Waals surface area contributed by atoms with Crippen LogP contribution in [0.3, 0.4) is 0 Å². The zero-order chi connectivity index (χ0) is 37.0. The minimum Gasteiger partial charge on any atom is -0.310 e. The summed E-state index contributed by atoms with van der Waals surface area (Å²) in [6.07, 6.45) is 0. The molecule has 0 saturated heterocycles. The van der Waals surface area contributed by atoms with Crippen LogP contribution >= 0.6 is 0 Å². The Balaban J connectivity index is 1.09. The summed E-state index contributed by atoms with van der Waals surface area (Å²) in [5.41, 5.74) is 11.6. The van der Waals surface area contributed by atoms with Crippen molar-refractivity contribution in [2.24, 2.45) is 0 Å². The summed E-state index contributed by atoms with van der Waals surface area (Å²) in [7, 11) is 0. The second-order valence-electron chi connectivity index (χ2n) is 14.6. The fourth-order valence-corrected chi connectivity index (χ4v) is 8.48. The van der Waals surface area contributed by atoms with Gasteiger partial charge in [0.2, 0.25) is 0 Å². The van der Waals surface area contributed by atoms with Gasteiger partial charge >= 0.3 is 0 Å². The van der Waals surface area contributed by atoms with Crippen LogP contribution in [0.2, 0.25) is 0 Å². The number of para-hydroxylation sites is 1. The topological polar surface area (TPSA) is 8.17 Å². The summed E-state index contributed by atoms with van der Waals surface area (Å²) in [6.45, 7) is 0. The van der Waals surface area contributed by atoms with Crippen LogP contribution in [-0.4, -0.2) is 4.57 Å². The quantitative estimate of drug-likeness (QED) is 0.167. The highest BCUT2D eigenvalue weighted by Gasteiger charge is 2.19. The Morgan fingerprint density at radius 3 is 1.34 bits per heavy atom. The molecule has 0 aliphatic heterocycles. The van der Waals surface area contributed by atoms with Gasteiger partial charge in [-0.3, -0.25) is 0 Å². The van der Waals surface area contributed by atoms with Crippen molar-refractivity contribution in [3.8, 4) is 27.9 Å². The molecule has 1 heterocycles. The van der Waals surface area contributed by atoms with Gasteiger partial charge in [0, 0.05) is 33.5 Å². The summed E-state index contributed by atoms with van der Waals surface area (Å²) in [4.78, 5) is 2.37. The molecular weight excluding hydrogens is 677 g/mol. The van der Waals surface area contributed by atoms with E-state index in [1.165, 1.54) is 70.9 Å². The van der Waals surface area contributed by atoms with E-state index in [1.807, 2.05) is 0 Å². The van der Waals surface area contributed by atoms with Gasteiger partial charge in [0.1, 0.15) is 0 Å². The second kappa shape index (κ2) is 13.2. The van der Waals surface area contributed by atoms with Crippen molar-refractivity contribution < 1.29 is 0 Å². The molecule has 0 N–H and O–H groups in total. The predicted molar refractivity (Wildman–Crippen MR) is 239 cm³/mol. The van der Waals surface area contributed by atoms with Gasteiger partial charge < -0.3 is 9.47 Å². The van der Waals surface area contributed by atoms with E-state index in [9.17, 15) is 0 Å². The smallest absolute Gasteiger partial charge is 0.0561 e. The SMILES string of the molecule is c1ccc(N(c2ccc(-c3ccc4ccccc4c3)cc2)c2ccc3c4ccc(-c5ccc6ccccc6c5)cc4n(-c4ccc5ccccc5c4)c3c2)cc1. The number of fused-ring (bicyclic) bond motifs is 6. The number of rotatable bonds is 6. The Labute approximate surface area is 325 Å². The first kappa shape index (κ1) is 32.0. The maximum atomic E-state index is 2.46. The molecule has 2 nitrogen and oxygen atoms in total. The Hall–Kier alpha value is -7.42. The number of benzene rings is 10. The van der Waals surface area contributed by atoms with Crippen molar-refractivity contribution in [1.82, 2.24) is 4.57 Å². The maximum absolute atomic E-state index is 2.46. The largest absolute Gasteiger partial charge is 0.310 e. The molecule has 262 valence electrons. The molecule has 0 saturated carbocycles. The number of hydrogen-bond donors (Lipinski definition) is 0. The summed E-state index contributed by atoms with van der Waals surface area (Å²) in [6, 6.07) is 79.6. The highest BCUT2D eigenvalue weighted by Crippen LogP contribution is 2.41. The fourth-order valence-electron chi connectivity index (χ4n) is 8.48. The lowest BCUT2D eigenvalue weighted by atomic mass is 10.00. The van der Waals surface area contributed by atoms with E-state index in [2.05, 4.69) is 228 Å². The van der Waals surface area contributed by atoms with E-state index < -0.39 is 0 Å². The summed E-state index contributed by atoms with van der Waals surface area (Å²) in [5, 5.41) is 9.91. The van der Waals surface area contributed by atoms with Crippen LogP contribution in [0, 0.1) is 0 Å². The Kier molecular flexibility index (Phi) is 7.53. The van der Waals surface area contributed by atoms with Crippen LogP contribution in [0.4, 0.5) is 17.1 Å². The first-order chi connectivity index (χ1) is 27.7. The van der Waals surface area contributed by atoms with Crippen molar-refractivity contribution in [3.63, 3.8) is 0 Å². The first-order valence-corrected chi connectivity index (χ1v) is 19.2. The Bertz CT molecular complexity index is 3250. The molecule has 0 spiro atoms. The number of anilines is 3. The van der Waals surface area contributed by atoms with E-state index in [-0.39, 0.29) is 0 Å². The molecule has 2 heteroatoms. The molecule has 10 aromatic carbocycles. The minimum absolute atomic E-state index is 1.10. The monoisotopic (exact) mass is 712 g/mol. The molecule has 0 atom stereocenters.